The largest absolute Gasteiger partial charge is 0.397 e. The molecule has 0 spiro atoms. The van der Waals surface area contributed by atoms with E-state index in [-0.39, 0.29) is 5.69 Å². The normalized spacial score (nSPS) is 9.75. The second-order valence-electron chi connectivity index (χ2n) is 2.13. The zero-order valence-electron chi connectivity index (χ0n) is 6.03. The third-order valence-electron chi connectivity index (χ3n) is 1.29. The van der Waals surface area contributed by atoms with Crippen molar-refractivity contribution in [2.75, 3.05) is 5.73 Å². The maximum atomic E-state index is 10.4. The maximum absolute atomic E-state index is 10.4. The van der Waals surface area contributed by atoms with E-state index in [0.29, 0.717) is 16.7 Å². The molecule has 1 aromatic heterocycles. The molecule has 2 N–H and O–H groups in total. The molecular weight excluding hydrogens is 226 g/mol. The fraction of sp³-hybridized carbons (Fsp3) is 0.167. The summed E-state index contributed by atoms with van der Waals surface area (Å²) in [6, 6.07) is 1.30. The van der Waals surface area contributed by atoms with Crippen LogP contribution in [0.3, 0.4) is 0 Å². The average Bonchev–Trinajstić information content (AvgIpc) is 2.04. The van der Waals surface area contributed by atoms with Crippen LogP contribution in [0.4, 0.5) is 11.4 Å². The van der Waals surface area contributed by atoms with Crippen molar-refractivity contribution < 1.29 is 4.92 Å². The average molecular weight is 232 g/mol. The lowest BCUT2D eigenvalue weighted by Crippen LogP contribution is -1.98. The molecule has 6 heteroatoms. The Labute approximate surface area is 76.9 Å². The molecule has 0 aliphatic rings. The first-order chi connectivity index (χ1) is 5.65. The Balaban J connectivity index is 3.21. The second-order valence-corrected chi connectivity index (χ2v) is 2.69. The molecule has 0 bridgehead atoms. The first kappa shape index (κ1) is 8.92. The first-order valence-electron chi connectivity index (χ1n) is 3.10. The highest BCUT2D eigenvalue weighted by atomic mass is 79.9. The van der Waals surface area contributed by atoms with Crippen molar-refractivity contribution in [3.63, 3.8) is 0 Å². The monoisotopic (exact) mass is 231 g/mol. The van der Waals surface area contributed by atoms with Gasteiger partial charge in [0.05, 0.1) is 22.1 Å². The molecule has 1 heterocycles. The molecule has 0 aliphatic carbocycles. The van der Waals surface area contributed by atoms with E-state index in [9.17, 15) is 10.1 Å². The Kier molecular flexibility index (Phi) is 2.59. The van der Waals surface area contributed by atoms with Crippen LogP contribution in [0.25, 0.3) is 0 Å². The van der Waals surface area contributed by atoms with E-state index in [0.717, 1.165) is 0 Å². The summed E-state index contributed by atoms with van der Waals surface area (Å²) in [7, 11) is 0. The van der Waals surface area contributed by atoms with Crippen molar-refractivity contribution in [1.82, 2.24) is 4.98 Å². The maximum Gasteiger partial charge on any atom is 0.293 e. The van der Waals surface area contributed by atoms with Crippen LogP contribution >= 0.6 is 15.9 Å². The molecular formula is C6H6BrN3O2. The molecule has 0 unspecified atom stereocenters. The van der Waals surface area contributed by atoms with Crippen LogP contribution in [-0.4, -0.2) is 9.91 Å². The number of nitrogens with zero attached hydrogens (tertiary/aromatic N) is 2. The van der Waals surface area contributed by atoms with Crippen molar-refractivity contribution in [3.8, 4) is 0 Å². The topological polar surface area (TPSA) is 82.0 Å². The predicted molar refractivity (Wildman–Crippen MR) is 47.9 cm³/mol. The van der Waals surface area contributed by atoms with Gasteiger partial charge in [0.1, 0.15) is 5.69 Å². The molecule has 1 rings (SSSR count). The van der Waals surface area contributed by atoms with Crippen LogP contribution in [0.2, 0.25) is 0 Å². The molecule has 1 aromatic rings. The Hall–Kier alpha value is -1.17. The van der Waals surface area contributed by atoms with E-state index in [4.69, 9.17) is 5.73 Å². The Bertz CT molecular complexity index is 316. The number of pyridine rings is 1. The van der Waals surface area contributed by atoms with Crippen molar-refractivity contribution in [3.05, 3.63) is 28.1 Å². The molecule has 0 aliphatic heterocycles. The highest BCUT2D eigenvalue weighted by molar-refractivity contribution is 9.08. The van der Waals surface area contributed by atoms with Crippen molar-refractivity contribution >= 4 is 27.3 Å². The van der Waals surface area contributed by atoms with E-state index in [2.05, 4.69) is 20.9 Å². The van der Waals surface area contributed by atoms with Gasteiger partial charge < -0.3 is 5.73 Å². The van der Waals surface area contributed by atoms with Crippen LogP contribution < -0.4 is 5.73 Å². The van der Waals surface area contributed by atoms with Crippen LogP contribution in [0.15, 0.2) is 12.3 Å². The summed E-state index contributed by atoms with van der Waals surface area (Å²) in [4.78, 5) is 13.7. The highest BCUT2D eigenvalue weighted by Crippen LogP contribution is 2.20. The van der Waals surface area contributed by atoms with Gasteiger partial charge in [0.15, 0.2) is 0 Å². The number of hydrogen-bond acceptors (Lipinski definition) is 4. The number of hydrogen-bond donors (Lipinski definition) is 1. The fourth-order valence-corrected chi connectivity index (χ4v) is 1.19. The molecule has 0 saturated heterocycles. The minimum Gasteiger partial charge on any atom is -0.397 e. The van der Waals surface area contributed by atoms with Crippen LogP contribution in [0, 0.1) is 10.1 Å². The summed E-state index contributed by atoms with van der Waals surface area (Å²) >= 11 is 3.09. The molecule has 0 radical (unpaired) electrons. The Morgan fingerprint density at radius 1 is 1.75 bits per heavy atom. The van der Waals surface area contributed by atoms with Gasteiger partial charge in [0.25, 0.3) is 5.69 Å². The van der Waals surface area contributed by atoms with E-state index in [1.165, 1.54) is 12.3 Å². The molecule has 0 saturated carbocycles. The summed E-state index contributed by atoms with van der Waals surface area (Å²) in [6.45, 7) is 0. The first-order valence-corrected chi connectivity index (χ1v) is 4.22. The number of nitrogen functional groups attached to an aromatic ring is 1. The minimum atomic E-state index is -0.500. The molecule has 64 valence electrons. The Morgan fingerprint density at radius 2 is 2.42 bits per heavy atom. The summed E-state index contributed by atoms with van der Waals surface area (Å²) < 4.78 is 0. The van der Waals surface area contributed by atoms with E-state index < -0.39 is 4.92 Å². The lowest BCUT2D eigenvalue weighted by molar-refractivity contribution is -0.385. The number of nitro groups is 1. The third-order valence-corrected chi connectivity index (χ3v) is 1.82. The van der Waals surface area contributed by atoms with E-state index in [1.54, 1.807) is 0 Å². The summed E-state index contributed by atoms with van der Waals surface area (Å²) in [5.74, 6) is 0. The molecule has 0 fully saturated rings. The third kappa shape index (κ3) is 1.70. The number of aromatic nitrogens is 1. The number of alkyl halides is 1. The molecule has 0 aromatic carbocycles. The fourth-order valence-electron chi connectivity index (χ4n) is 0.758. The van der Waals surface area contributed by atoms with Gasteiger partial charge in [-0.15, -0.1) is 0 Å². The van der Waals surface area contributed by atoms with E-state index >= 15 is 0 Å². The Morgan fingerprint density at radius 3 is 2.92 bits per heavy atom. The summed E-state index contributed by atoms with van der Waals surface area (Å²) in [5, 5.41) is 10.8. The van der Waals surface area contributed by atoms with Crippen molar-refractivity contribution in [2.45, 2.75) is 5.33 Å². The van der Waals surface area contributed by atoms with Crippen molar-refractivity contribution in [2.24, 2.45) is 0 Å². The van der Waals surface area contributed by atoms with Gasteiger partial charge in [-0.2, -0.15) is 0 Å². The summed E-state index contributed by atoms with van der Waals surface area (Å²) in [6.07, 6.45) is 1.39. The van der Waals surface area contributed by atoms with Gasteiger partial charge in [-0.1, -0.05) is 15.9 Å². The zero-order chi connectivity index (χ0) is 9.14. The lowest BCUT2D eigenvalue weighted by atomic mass is 10.3. The molecule has 0 amide bonds. The smallest absolute Gasteiger partial charge is 0.293 e. The number of halogens is 1. The SMILES string of the molecule is Nc1cnc(CBr)c([N+](=O)[O-])c1. The van der Waals surface area contributed by atoms with Gasteiger partial charge in [0, 0.05) is 6.07 Å². The highest BCUT2D eigenvalue weighted by Gasteiger charge is 2.13. The molecule has 0 atom stereocenters. The number of nitrogens with two attached hydrogens (primary N) is 1. The van der Waals surface area contributed by atoms with E-state index in [1.807, 2.05) is 0 Å². The van der Waals surface area contributed by atoms with Crippen LogP contribution in [-0.2, 0) is 5.33 Å². The van der Waals surface area contributed by atoms with Gasteiger partial charge in [-0.25, -0.2) is 0 Å². The van der Waals surface area contributed by atoms with Crippen LogP contribution in [0.1, 0.15) is 5.69 Å². The lowest BCUT2D eigenvalue weighted by Gasteiger charge is -1.98. The zero-order valence-corrected chi connectivity index (χ0v) is 7.61. The van der Waals surface area contributed by atoms with Gasteiger partial charge >= 0.3 is 0 Å². The minimum absolute atomic E-state index is 0.0492. The number of anilines is 1. The van der Waals surface area contributed by atoms with Gasteiger partial charge in [-0.3, -0.25) is 15.1 Å². The van der Waals surface area contributed by atoms with Gasteiger partial charge in [0.2, 0.25) is 0 Å². The molecule has 5 nitrogen and oxygen atoms in total. The number of rotatable bonds is 2. The summed E-state index contributed by atoms with van der Waals surface area (Å²) in [5.41, 5.74) is 5.97. The van der Waals surface area contributed by atoms with Gasteiger partial charge in [-0.05, 0) is 0 Å². The standard InChI is InChI=1S/C6H6BrN3O2/c7-2-5-6(10(11)12)1-4(8)3-9-5/h1,3H,2,8H2. The predicted octanol–water partition coefficient (Wildman–Crippen LogP) is 1.47. The molecule has 12 heavy (non-hydrogen) atoms. The van der Waals surface area contributed by atoms with Crippen molar-refractivity contribution in [1.29, 1.82) is 0 Å². The van der Waals surface area contributed by atoms with Crippen LogP contribution in [0.5, 0.6) is 0 Å². The second kappa shape index (κ2) is 3.48. The quantitative estimate of drug-likeness (QED) is 0.475.